The van der Waals surface area contributed by atoms with Crippen molar-refractivity contribution < 1.29 is 9.53 Å². The summed E-state index contributed by atoms with van der Waals surface area (Å²) in [6.45, 7) is 4.79. The molecule has 0 unspecified atom stereocenters. The molecule has 7 nitrogen and oxygen atoms in total. The van der Waals surface area contributed by atoms with Crippen LogP contribution in [0.5, 0.6) is 5.75 Å². The van der Waals surface area contributed by atoms with Crippen LogP contribution in [0.4, 0.5) is 0 Å². The van der Waals surface area contributed by atoms with Gasteiger partial charge in [0.05, 0.1) is 12.9 Å². The number of rotatable bonds is 9. The molecule has 3 rings (SSSR count). The molecule has 0 fully saturated rings. The smallest absolute Gasteiger partial charge is 0.250 e. The first-order chi connectivity index (χ1) is 15.1. The molecule has 0 spiro atoms. The Kier molecular flexibility index (Phi) is 8.00. The number of aromatic nitrogens is 3. The number of hydrazone groups is 1. The highest BCUT2D eigenvalue weighted by Gasteiger charge is 2.14. The Balaban J connectivity index is 1.53. The highest BCUT2D eigenvalue weighted by molar-refractivity contribution is 7.99. The number of nitrogens with one attached hydrogen (secondary N) is 1. The molecule has 2 aromatic carbocycles. The van der Waals surface area contributed by atoms with Crippen molar-refractivity contribution in [1.29, 1.82) is 0 Å². The number of ether oxygens (including phenoxy) is 1. The van der Waals surface area contributed by atoms with E-state index in [9.17, 15) is 4.79 Å². The van der Waals surface area contributed by atoms with Crippen LogP contribution in [0.2, 0.25) is 0 Å². The molecule has 0 atom stereocenters. The number of carbonyl (C=O) groups excluding carboxylic acids is 1. The molecule has 0 radical (unpaired) electrons. The fourth-order valence-electron chi connectivity index (χ4n) is 2.86. The van der Waals surface area contributed by atoms with E-state index in [1.807, 2.05) is 73.0 Å². The Labute approximate surface area is 186 Å². The molecule has 1 N–H and O–H groups in total. The average Bonchev–Trinajstić information content (AvgIpc) is 3.21. The van der Waals surface area contributed by atoms with Crippen LogP contribution >= 0.6 is 11.8 Å². The normalized spacial score (nSPS) is 11.3. The van der Waals surface area contributed by atoms with Crippen molar-refractivity contribution in [3.8, 4) is 17.1 Å². The third kappa shape index (κ3) is 6.05. The van der Waals surface area contributed by atoms with E-state index >= 15 is 0 Å². The van der Waals surface area contributed by atoms with Crippen molar-refractivity contribution in [2.75, 3.05) is 12.9 Å². The molecule has 1 aromatic heterocycles. The fourth-order valence-corrected chi connectivity index (χ4v) is 3.66. The molecule has 160 valence electrons. The lowest BCUT2D eigenvalue weighted by molar-refractivity contribution is -0.118. The van der Waals surface area contributed by atoms with Gasteiger partial charge in [-0.15, -0.1) is 10.2 Å². The van der Waals surface area contributed by atoms with Crippen molar-refractivity contribution in [2.45, 2.75) is 25.5 Å². The number of thioether (sulfide) groups is 1. The summed E-state index contributed by atoms with van der Waals surface area (Å²) in [6, 6.07) is 15.8. The number of methoxy groups -OCH3 is 1. The van der Waals surface area contributed by atoms with Gasteiger partial charge in [0.2, 0.25) is 0 Å². The van der Waals surface area contributed by atoms with E-state index in [2.05, 4.69) is 20.7 Å². The van der Waals surface area contributed by atoms with Crippen LogP contribution in [-0.4, -0.2) is 39.7 Å². The van der Waals surface area contributed by atoms with Crippen LogP contribution in [0.3, 0.4) is 0 Å². The average molecular weight is 436 g/mol. The maximum absolute atomic E-state index is 12.1. The lowest BCUT2D eigenvalue weighted by Crippen LogP contribution is -2.19. The van der Waals surface area contributed by atoms with Gasteiger partial charge in [-0.05, 0) is 32.1 Å². The number of allylic oxidation sites excluding steroid dienone is 1. The van der Waals surface area contributed by atoms with Crippen LogP contribution in [0.25, 0.3) is 17.5 Å². The van der Waals surface area contributed by atoms with Gasteiger partial charge in [0.15, 0.2) is 11.0 Å². The third-order valence-electron chi connectivity index (χ3n) is 4.44. The van der Waals surface area contributed by atoms with Crippen LogP contribution in [0, 0.1) is 6.92 Å². The maximum Gasteiger partial charge on any atom is 0.250 e. The van der Waals surface area contributed by atoms with Gasteiger partial charge in [0.1, 0.15) is 5.75 Å². The highest BCUT2D eigenvalue weighted by Crippen LogP contribution is 2.24. The molecule has 0 aliphatic rings. The second-order valence-electron chi connectivity index (χ2n) is 6.62. The molecule has 0 saturated carbocycles. The molecule has 0 bridgehead atoms. The first-order valence-electron chi connectivity index (χ1n) is 9.87. The summed E-state index contributed by atoms with van der Waals surface area (Å²) < 4.78 is 7.29. The fraction of sp³-hybridized carbons (Fsp3) is 0.217. The number of hydrogen-bond acceptors (Lipinski definition) is 6. The number of hydrogen-bond donors (Lipinski definition) is 1. The van der Waals surface area contributed by atoms with Gasteiger partial charge in [0.25, 0.3) is 5.91 Å². The lowest BCUT2D eigenvalue weighted by Gasteiger charge is -2.07. The molecule has 8 heteroatoms. The van der Waals surface area contributed by atoms with E-state index in [0.29, 0.717) is 11.7 Å². The number of aryl methyl sites for hydroxylation is 1. The summed E-state index contributed by atoms with van der Waals surface area (Å²) in [7, 11) is 1.63. The molecular weight excluding hydrogens is 410 g/mol. The summed E-state index contributed by atoms with van der Waals surface area (Å²) in [5, 5.41) is 13.2. The highest BCUT2D eigenvalue weighted by atomic mass is 32.2. The minimum absolute atomic E-state index is 0.194. The van der Waals surface area contributed by atoms with Crippen molar-refractivity contribution in [2.24, 2.45) is 5.10 Å². The zero-order valence-electron chi connectivity index (χ0n) is 17.8. The third-order valence-corrected chi connectivity index (χ3v) is 5.41. The second-order valence-corrected chi connectivity index (χ2v) is 7.56. The second kappa shape index (κ2) is 11.1. The topological polar surface area (TPSA) is 81.4 Å². The minimum Gasteiger partial charge on any atom is -0.496 e. The van der Waals surface area contributed by atoms with Gasteiger partial charge < -0.3 is 9.30 Å². The molecular formula is C23H25N5O2S. The Morgan fingerprint density at radius 3 is 2.71 bits per heavy atom. The zero-order valence-corrected chi connectivity index (χ0v) is 18.6. The quantitative estimate of drug-likeness (QED) is 0.310. The molecule has 0 aliphatic heterocycles. The first-order valence-corrected chi connectivity index (χ1v) is 10.9. The molecule has 0 aliphatic carbocycles. The van der Waals surface area contributed by atoms with Crippen LogP contribution in [0.1, 0.15) is 18.1 Å². The van der Waals surface area contributed by atoms with Crippen molar-refractivity contribution in [1.82, 2.24) is 20.2 Å². The monoisotopic (exact) mass is 435 g/mol. The Morgan fingerprint density at radius 2 is 1.97 bits per heavy atom. The van der Waals surface area contributed by atoms with Crippen molar-refractivity contribution in [3.63, 3.8) is 0 Å². The number of nitrogens with zero attached hydrogens (tertiary/aromatic N) is 4. The molecule has 1 amide bonds. The Morgan fingerprint density at radius 1 is 1.19 bits per heavy atom. The van der Waals surface area contributed by atoms with Crippen molar-refractivity contribution in [3.05, 3.63) is 65.7 Å². The maximum atomic E-state index is 12.1. The van der Waals surface area contributed by atoms with E-state index < -0.39 is 0 Å². The van der Waals surface area contributed by atoms with Gasteiger partial charge >= 0.3 is 0 Å². The number of para-hydroxylation sites is 1. The minimum atomic E-state index is -0.213. The SMILES string of the molecule is CCn1c(SCC(=O)N/N=C\C=C/c2ccccc2OC)nnc1-c1ccc(C)cc1. The predicted molar refractivity (Wildman–Crippen MR) is 125 cm³/mol. The predicted octanol–water partition coefficient (Wildman–Crippen LogP) is 4.19. The Hall–Kier alpha value is -3.39. The largest absolute Gasteiger partial charge is 0.496 e. The summed E-state index contributed by atoms with van der Waals surface area (Å²) in [6.07, 6.45) is 5.13. The summed E-state index contributed by atoms with van der Waals surface area (Å²) in [5.41, 5.74) is 5.64. The Bertz CT molecular complexity index is 1070. The van der Waals surface area contributed by atoms with E-state index in [1.165, 1.54) is 23.5 Å². The van der Waals surface area contributed by atoms with Gasteiger partial charge in [-0.2, -0.15) is 5.10 Å². The molecule has 3 aromatic rings. The number of benzene rings is 2. The van der Waals surface area contributed by atoms with Crippen LogP contribution in [-0.2, 0) is 11.3 Å². The summed E-state index contributed by atoms with van der Waals surface area (Å²) in [5.74, 6) is 1.55. The van der Waals surface area contributed by atoms with Gasteiger partial charge in [-0.1, -0.05) is 59.8 Å². The summed E-state index contributed by atoms with van der Waals surface area (Å²) >= 11 is 1.33. The zero-order chi connectivity index (χ0) is 22.1. The number of carbonyl (C=O) groups is 1. The van der Waals surface area contributed by atoms with Crippen molar-refractivity contribution >= 4 is 30.0 Å². The molecule has 0 saturated heterocycles. The van der Waals surface area contributed by atoms with Crippen LogP contribution < -0.4 is 10.2 Å². The van der Waals surface area contributed by atoms with E-state index in [1.54, 1.807) is 13.2 Å². The van der Waals surface area contributed by atoms with Gasteiger partial charge in [0, 0.05) is 23.9 Å². The standard InChI is InChI=1S/C23H25N5O2S/c1-4-28-22(19-13-11-17(2)12-14-19)26-27-23(28)31-16-21(29)25-24-15-7-9-18-8-5-6-10-20(18)30-3/h5-15H,4,16H2,1-3H3,(H,25,29)/b9-7-,24-15-. The van der Waals surface area contributed by atoms with E-state index in [4.69, 9.17) is 4.74 Å². The number of amides is 1. The lowest BCUT2D eigenvalue weighted by atomic mass is 10.1. The van der Waals surface area contributed by atoms with Gasteiger partial charge in [-0.3, -0.25) is 4.79 Å². The van der Waals surface area contributed by atoms with E-state index in [-0.39, 0.29) is 11.7 Å². The van der Waals surface area contributed by atoms with Gasteiger partial charge in [-0.25, -0.2) is 5.43 Å². The van der Waals surface area contributed by atoms with E-state index in [0.717, 1.165) is 22.7 Å². The first kappa shape index (κ1) is 22.3. The molecule has 31 heavy (non-hydrogen) atoms. The molecule has 1 heterocycles. The summed E-state index contributed by atoms with van der Waals surface area (Å²) in [4.78, 5) is 12.1. The van der Waals surface area contributed by atoms with Crippen LogP contribution in [0.15, 0.2) is 64.9 Å².